The Hall–Kier alpha value is -0.943. The zero-order valence-electron chi connectivity index (χ0n) is 6.36. The van der Waals surface area contributed by atoms with Gasteiger partial charge in [0, 0.05) is 6.42 Å². The molecule has 0 aliphatic heterocycles. The molecule has 0 heterocycles. The van der Waals surface area contributed by atoms with Crippen LogP contribution in [0.2, 0.25) is 6.55 Å². The first kappa shape index (κ1) is 10.1. The second kappa shape index (κ2) is 2.98. The quantitative estimate of drug-likeness (QED) is 0.358. The first-order valence-electron chi connectivity index (χ1n) is 3.11. The molecule has 0 N–H and O–H groups in total. The molecule has 0 radical (unpaired) electrons. The van der Waals surface area contributed by atoms with Crippen LogP contribution in [0.15, 0.2) is 0 Å². The smallest absolute Gasteiger partial charge is 0.293 e. The summed E-state index contributed by atoms with van der Waals surface area (Å²) in [5.74, 6) is 0. The third-order valence-corrected chi connectivity index (χ3v) is 3.64. The molecule has 60 valence electrons. The van der Waals surface area contributed by atoms with E-state index in [1.807, 2.05) is 0 Å². The van der Waals surface area contributed by atoms with Gasteiger partial charge in [0.2, 0.25) is 0 Å². The highest BCUT2D eigenvalue weighted by Gasteiger charge is 2.61. The van der Waals surface area contributed by atoms with Gasteiger partial charge < -0.3 is 0 Å². The molecule has 0 rings (SSSR count). The van der Waals surface area contributed by atoms with Crippen LogP contribution >= 0.6 is 0 Å². The minimum Gasteiger partial charge on any atom is -0.293 e. The van der Waals surface area contributed by atoms with Crippen LogP contribution in [-0.2, 0) is 0 Å². The standard InChI is InChI=1S/C6H8F2N2Si/c1-4-6(5-9,10-2)11(3,7)8/h4H2,1,3H3. The van der Waals surface area contributed by atoms with Crippen LogP contribution in [0.3, 0.4) is 0 Å². The molecule has 0 saturated carbocycles. The first-order chi connectivity index (χ1) is 4.93. The van der Waals surface area contributed by atoms with E-state index in [0.29, 0.717) is 0 Å². The zero-order chi connectivity index (χ0) is 9.12. The summed E-state index contributed by atoms with van der Waals surface area (Å²) in [4.78, 5) is 2.73. The number of hydrogen-bond donors (Lipinski definition) is 0. The van der Waals surface area contributed by atoms with Crippen molar-refractivity contribution in [1.82, 2.24) is 0 Å². The fourth-order valence-electron chi connectivity index (χ4n) is 0.690. The normalized spacial score (nSPS) is 16.2. The van der Waals surface area contributed by atoms with Gasteiger partial charge in [-0.3, -0.25) is 13.1 Å². The largest absolute Gasteiger partial charge is 0.526 e. The SMILES string of the molecule is [C-]#[N+]C(C#N)(CC)[Si](C)(F)F. The molecular weight excluding hydrogens is 166 g/mol. The maximum Gasteiger partial charge on any atom is 0.526 e. The van der Waals surface area contributed by atoms with Crippen molar-refractivity contribution in [3.8, 4) is 6.07 Å². The predicted molar refractivity (Wildman–Crippen MR) is 39.1 cm³/mol. The van der Waals surface area contributed by atoms with Gasteiger partial charge in [-0.15, -0.1) is 0 Å². The Morgan fingerprint density at radius 3 is 2.18 bits per heavy atom. The van der Waals surface area contributed by atoms with E-state index in [1.165, 1.54) is 13.0 Å². The molecule has 5 heteroatoms. The van der Waals surface area contributed by atoms with Crippen LogP contribution in [0.5, 0.6) is 0 Å². The second-order valence-electron chi connectivity index (χ2n) is 2.33. The average molecular weight is 174 g/mol. The minimum absolute atomic E-state index is 0.0945. The van der Waals surface area contributed by atoms with Gasteiger partial charge in [0.1, 0.15) is 0 Å². The van der Waals surface area contributed by atoms with E-state index in [-0.39, 0.29) is 6.42 Å². The van der Waals surface area contributed by atoms with E-state index in [2.05, 4.69) is 4.85 Å². The van der Waals surface area contributed by atoms with E-state index >= 15 is 0 Å². The summed E-state index contributed by atoms with van der Waals surface area (Å²) in [6, 6.07) is 1.41. The Labute approximate surface area is 65.6 Å². The lowest BCUT2D eigenvalue weighted by atomic mass is 10.2. The van der Waals surface area contributed by atoms with Gasteiger partial charge >= 0.3 is 13.9 Å². The maximum atomic E-state index is 12.7. The van der Waals surface area contributed by atoms with Gasteiger partial charge in [-0.05, 0) is 6.55 Å². The lowest BCUT2D eigenvalue weighted by Crippen LogP contribution is -2.46. The van der Waals surface area contributed by atoms with Crippen molar-refractivity contribution in [3.05, 3.63) is 11.4 Å². The lowest BCUT2D eigenvalue weighted by molar-refractivity contribution is 0.540. The van der Waals surface area contributed by atoms with E-state index < -0.39 is 13.9 Å². The van der Waals surface area contributed by atoms with Crippen molar-refractivity contribution in [2.24, 2.45) is 0 Å². The van der Waals surface area contributed by atoms with Crippen LogP contribution in [0.25, 0.3) is 4.85 Å². The zero-order valence-corrected chi connectivity index (χ0v) is 7.36. The summed E-state index contributed by atoms with van der Waals surface area (Å²) >= 11 is 0. The minimum atomic E-state index is -4.65. The molecule has 1 unspecified atom stereocenters. The van der Waals surface area contributed by atoms with Crippen molar-refractivity contribution >= 4 is 8.74 Å². The molecule has 1 atom stereocenters. The Morgan fingerprint density at radius 2 is 2.18 bits per heavy atom. The van der Waals surface area contributed by atoms with Crippen molar-refractivity contribution in [2.45, 2.75) is 25.1 Å². The monoisotopic (exact) mass is 174 g/mol. The van der Waals surface area contributed by atoms with Gasteiger partial charge in [0.05, 0.1) is 0 Å². The molecular formula is C6H8F2N2Si. The van der Waals surface area contributed by atoms with Crippen LogP contribution in [0, 0.1) is 17.9 Å². The fourth-order valence-corrected chi connectivity index (χ4v) is 1.70. The van der Waals surface area contributed by atoms with Crippen LogP contribution in [0.1, 0.15) is 13.3 Å². The number of nitriles is 1. The molecule has 0 saturated heterocycles. The third-order valence-electron chi connectivity index (χ3n) is 1.61. The van der Waals surface area contributed by atoms with E-state index in [4.69, 9.17) is 11.8 Å². The molecule has 0 fully saturated rings. The predicted octanol–water partition coefficient (Wildman–Crippen LogP) is 2.13. The summed E-state index contributed by atoms with van der Waals surface area (Å²) < 4.78 is 25.5. The molecule has 0 aliphatic carbocycles. The van der Waals surface area contributed by atoms with Gasteiger partial charge in [0.15, 0.2) is 6.07 Å². The highest BCUT2D eigenvalue weighted by molar-refractivity contribution is 6.69. The Balaban J connectivity index is 4.94. The van der Waals surface area contributed by atoms with E-state index in [0.717, 1.165) is 6.55 Å². The fraction of sp³-hybridized carbons (Fsp3) is 0.667. The molecule has 11 heavy (non-hydrogen) atoms. The van der Waals surface area contributed by atoms with Gasteiger partial charge in [-0.25, -0.2) is 6.57 Å². The van der Waals surface area contributed by atoms with Gasteiger partial charge in [-0.1, -0.05) is 6.92 Å². The van der Waals surface area contributed by atoms with E-state index in [1.54, 1.807) is 0 Å². The number of hydrogen-bond acceptors (Lipinski definition) is 1. The van der Waals surface area contributed by atoms with Crippen LogP contribution < -0.4 is 0 Å². The van der Waals surface area contributed by atoms with Gasteiger partial charge in [-0.2, -0.15) is 5.26 Å². The first-order valence-corrected chi connectivity index (χ1v) is 5.37. The van der Waals surface area contributed by atoms with Crippen LogP contribution in [0.4, 0.5) is 8.22 Å². The Morgan fingerprint density at radius 1 is 1.73 bits per heavy atom. The highest BCUT2D eigenvalue weighted by atomic mass is 28.4. The molecule has 0 bridgehead atoms. The molecule has 0 aliphatic rings. The highest BCUT2D eigenvalue weighted by Crippen LogP contribution is 2.30. The third kappa shape index (κ3) is 1.55. The van der Waals surface area contributed by atoms with Crippen molar-refractivity contribution in [3.63, 3.8) is 0 Å². The molecule has 0 aromatic carbocycles. The molecule has 2 nitrogen and oxygen atoms in total. The number of nitrogens with zero attached hydrogens (tertiary/aromatic N) is 2. The summed E-state index contributed by atoms with van der Waals surface area (Å²) in [7, 11) is -4.65. The molecule has 0 spiro atoms. The average Bonchev–Trinajstić information content (AvgIpc) is 1.90. The number of rotatable bonds is 2. The Kier molecular flexibility index (Phi) is 2.72. The summed E-state index contributed by atoms with van der Waals surface area (Å²) in [6.45, 7) is 8.69. The van der Waals surface area contributed by atoms with Crippen molar-refractivity contribution in [2.75, 3.05) is 0 Å². The second-order valence-corrected chi connectivity index (χ2v) is 4.93. The van der Waals surface area contributed by atoms with E-state index in [9.17, 15) is 8.22 Å². The van der Waals surface area contributed by atoms with Crippen molar-refractivity contribution < 1.29 is 8.22 Å². The van der Waals surface area contributed by atoms with Gasteiger partial charge in [0.25, 0.3) is 0 Å². The molecule has 0 amide bonds. The number of halogens is 2. The topological polar surface area (TPSA) is 28.1 Å². The summed E-state index contributed by atoms with van der Waals surface area (Å²) in [6.07, 6.45) is -0.0945. The van der Waals surface area contributed by atoms with Crippen LogP contribution in [-0.4, -0.2) is 13.9 Å². The lowest BCUT2D eigenvalue weighted by Gasteiger charge is -2.15. The summed E-state index contributed by atoms with van der Waals surface area (Å²) in [5.41, 5.74) is 0. The Bertz CT molecular complexity index is 206. The maximum absolute atomic E-state index is 12.7. The molecule has 0 aromatic heterocycles. The van der Waals surface area contributed by atoms with Crippen molar-refractivity contribution in [1.29, 1.82) is 5.26 Å². The molecule has 0 aromatic rings. The summed E-state index contributed by atoms with van der Waals surface area (Å²) in [5, 5.41) is 6.37.